The van der Waals surface area contributed by atoms with E-state index in [1.807, 2.05) is 18.2 Å². The second kappa shape index (κ2) is 8.42. The summed E-state index contributed by atoms with van der Waals surface area (Å²) in [5.74, 6) is -0.762. The van der Waals surface area contributed by atoms with Crippen molar-refractivity contribution in [3.05, 3.63) is 70.5 Å². The molecule has 2 aromatic rings. The quantitative estimate of drug-likeness (QED) is 0.636. The van der Waals surface area contributed by atoms with Crippen LogP contribution in [0.2, 0.25) is 0 Å². The van der Waals surface area contributed by atoms with E-state index in [9.17, 15) is 17.6 Å². The van der Waals surface area contributed by atoms with Crippen LogP contribution in [0.3, 0.4) is 0 Å². The zero-order valence-electron chi connectivity index (χ0n) is 14.7. The Morgan fingerprint density at radius 2 is 2.11 bits per heavy atom. The maximum Gasteiger partial charge on any atom is 0.251 e. The summed E-state index contributed by atoms with van der Waals surface area (Å²) in [5.41, 5.74) is 0.861. The Kier molecular flexibility index (Phi) is 6.17. The molecule has 0 fully saturated rings. The molecule has 1 heterocycles. The molecule has 0 radical (unpaired) electrons. The molecule has 1 aliphatic rings. The molecule has 0 spiro atoms. The van der Waals surface area contributed by atoms with Crippen LogP contribution in [-0.2, 0) is 10.0 Å². The number of ether oxygens (including phenoxy) is 1. The third kappa shape index (κ3) is 4.43. The minimum absolute atomic E-state index is 0.0448. The Morgan fingerprint density at radius 3 is 2.86 bits per heavy atom. The van der Waals surface area contributed by atoms with E-state index in [0.29, 0.717) is 18.8 Å². The monoisotopic (exact) mass is 468 g/mol. The highest BCUT2D eigenvalue weighted by atomic mass is 79.9. The van der Waals surface area contributed by atoms with Crippen molar-refractivity contribution in [1.82, 2.24) is 10.0 Å². The lowest BCUT2D eigenvalue weighted by molar-refractivity contribution is 0.0924. The Labute approximate surface area is 171 Å². The highest BCUT2D eigenvalue weighted by Crippen LogP contribution is 2.34. The summed E-state index contributed by atoms with van der Waals surface area (Å²) in [6.45, 7) is 3.81. The predicted molar refractivity (Wildman–Crippen MR) is 106 cm³/mol. The van der Waals surface area contributed by atoms with Crippen molar-refractivity contribution in [3.63, 3.8) is 0 Å². The molecule has 1 aliphatic heterocycles. The molecule has 28 heavy (non-hydrogen) atoms. The molecular weight excluding hydrogens is 451 g/mol. The minimum atomic E-state index is -4.10. The van der Waals surface area contributed by atoms with Gasteiger partial charge < -0.3 is 10.1 Å². The summed E-state index contributed by atoms with van der Waals surface area (Å²) in [7, 11) is -4.10. The van der Waals surface area contributed by atoms with Crippen LogP contribution in [0.4, 0.5) is 4.39 Å². The average molecular weight is 469 g/mol. The number of benzene rings is 2. The van der Waals surface area contributed by atoms with Crippen molar-refractivity contribution in [3.8, 4) is 5.75 Å². The van der Waals surface area contributed by atoms with Gasteiger partial charge in [-0.05, 0) is 36.4 Å². The molecule has 9 heteroatoms. The smallest absolute Gasteiger partial charge is 0.251 e. The van der Waals surface area contributed by atoms with Gasteiger partial charge in [0, 0.05) is 28.6 Å². The first kappa shape index (κ1) is 20.5. The summed E-state index contributed by atoms with van der Waals surface area (Å²) in [5, 5.41) is 2.87. The minimum Gasteiger partial charge on any atom is -0.493 e. The predicted octanol–water partition coefficient (Wildman–Crippen LogP) is 3.31. The van der Waals surface area contributed by atoms with Gasteiger partial charge in [-0.1, -0.05) is 22.0 Å². The molecule has 1 atom stereocenters. The van der Waals surface area contributed by atoms with E-state index in [1.165, 1.54) is 12.1 Å². The first-order valence-corrected chi connectivity index (χ1v) is 10.7. The third-order valence-corrected chi connectivity index (χ3v) is 6.15. The average Bonchev–Trinajstić information content (AvgIpc) is 2.67. The van der Waals surface area contributed by atoms with E-state index in [4.69, 9.17) is 4.74 Å². The number of carbonyl (C=O) groups is 1. The Balaban J connectivity index is 1.86. The molecule has 1 amide bonds. The van der Waals surface area contributed by atoms with Crippen LogP contribution in [0.25, 0.3) is 0 Å². The van der Waals surface area contributed by atoms with Crippen LogP contribution in [-0.4, -0.2) is 27.5 Å². The number of carbonyl (C=O) groups excluding carboxylic acids is 1. The summed E-state index contributed by atoms with van der Waals surface area (Å²) < 4.78 is 47.1. The molecule has 6 nitrogen and oxygen atoms in total. The number of amides is 1. The molecule has 0 aliphatic carbocycles. The lowest BCUT2D eigenvalue weighted by atomic mass is 10.00. The van der Waals surface area contributed by atoms with Crippen molar-refractivity contribution in [2.75, 3.05) is 13.2 Å². The van der Waals surface area contributed by atoms with Crippen molar-refractivity contribution in [1.29, 1.82) is 0 Å². The fourth-order valence-corrected chi connectivity index (χ4v) is 4.33. The van der Waals surface area contributed by atoms with Gasteiger partial charge in [0.25, 0.3) is 5.91 Å². The molecule has 1 unspecified atom stereocenters. The highest BCUT2D eigenvalue weighted by Gasteiger charge is 2.25. The number of sulfonamides is 1. The lowest BCUT2D eigenvalue weighted by Crippen LogP contribution is -2.32. The van der Waals surface area contributed by atoms with E-state index >= 15 is 0 Å². The van der Waals surface area contributed by atoms with Gasteiger partial charge in [-0.3, -0.25) is 4.79 Å². The molecule has 2 N–H and O–H groups in total. The SMILES string of the molecule is C=CCNS(=O)(=O)c1cc(C(=O)NC2CCOc3ccc(Br)cc32)ccc1F. The van der Waals surface area contributed by atoms with E-state index in [0.717, 1.165) is 22.2 Å². The number of hydrogen-bond donors (Lipinski definition) is 2. The van der Waals surface area contributed by atoms with E-state index in [2.05, 4.69) is 32.5 Å². The molecule has 2 aromatic carbocycles. The number of nitrogens with one attached hydrogen (secondary N) is 2. The van der Waals surface area contributed by atoms with Crippen molar-refractivity contribution < 1.29 is 22.3 Å². The largest absolute Gasteiger partial charge is 0.493 e. The van der Waals surface area contributed by atoms with Gasteiger partial charge in [-0.2, -0.15) is 0 Å². The summed E-state index contributed by atoms with van der Waals surface area (Å²) >= 11 is 3.40. The number of fused-ring (bicyclic) bond motifs is 1. The highest BCUT2D eigenvalue weighted by molar-refractivity contribution is 9.10. The Hall–Kier alpha value is -2.23. The molecular formula is C19H18BrFN2O4S. The second-order valence-corrected chi connectivity index (χ2v) is 8.78. The second-order valence-electron chi connectivity index (χ2n) is 6.13. The van der Waals surface area contributed by atoms with Crippen molar-refractivity contribution in [2.24, 2.45) is 0 Å². The first-order chi connectivity index (χ1) is 13.3. The van der Waals surface area contributed by atoms with Crippen molar-refractivity contribution in [2.45, 2.75) is 17.4 Å². The van der Waals surface area contributed by atoms with Gasteiger partial charge in [-0.25, -0.2) is 17.5 Å². The molecule has 3 rings (SSSR count). The van der Waals surface area contributed by atoms with Crippen LogP contribution >= 0.6 is 15.9 Å². The fourth-order valence-electron chi connectivity index (χ4n) is 2.85. The van der Waals surface area contributed by atoms with Gasteiger partial charge in [0.2, 0.25) is 10.0 Å². The van der Waals surface area contributed by atoms with Crippen LogP contribution < -0.4 is 14.8 Å². The number of halogens is 2. The number of hydrogen-bond acceptors (Lipinski definition) is 4. The van der Waals surface area contributed by atoms with Crippen LogP contribution in [0.15, 0.2) is 58.4 Å². The van der Waals surface area contributed by atoms with Gasteiger partial charge in [0.1, 0.15) is 16.5 Å². The van der Waals surface area contributed by atoms with Crippen LogP contribution in [0.5, 0.6) is 5.75 Å². The third-order valence-electron chi connectivity index (χ3n) is 4.22. The molecule has 0 bridgehead atoms. The summed E-state index contributed by atoms with van der Waals surface area (Å²) in [6, 6.07) is 8.44. The maximum absolute atomic E-state index is 14.1. The van der Waals surface area contributed by atoms with Crippen LogP contribution in [0, 0.1) is 5.82 Å². The van der Waals surface area contributed by atoms with Gasteiger partial charge in [-0.15, -0.1) is 6.58 Å². The lowest BCUT2D eigenvalue weighted by Gasteiger charge is -2.27. The zero-order valence-corrected chi connectivity index (χ0v) is 17.1. The molecule has 0 saturated carbocycles. The van der Waals surface area contributed by atoms with Crippen LogP contribution in [0.1, 0.15) is 28.4 Å². The number of rotatable bonds is 6. The summed E-state index contributed by atoms with van der Waals surface area (Å²) in [6.07, 6.45) is 1.90. The zero-order chi connectivity index (χ0) is 20.3. The standard InChI is InChI=1S/C19H18BrFN2O4S/c1-2-8-22-28(25,26)18-10-12(3-5-15(18)21)19(24)23-16-7-9-27-17-6-4-13(20)11-14(16)17/h2-6,10-11,16,22H,1,7-9H2,(H,23,24). The molecule has 148 valence electrons. The topological polar surface area (TPSA) is 84.5 Å². The Morgan fingerprint density at radius 1 is 1.32 bits per heavy atom. The van der Waals surface area contributed by atoms with Crippen molar-refractivity contribution >= 4 is 31.9 Å². The van der Waals surface area contributed by atoms with Gasteiger partial charge >= 0.3 is 0 Å². The fraction of sp³-hybridized carbons (Fsp3) is 0.211. The summed E-state index contributed by atoms with van der Waals surface area (Å²) in [4.78, 5) is 12.1. The van der Waals surface area contributed by atoms with Gasteiger partial charge in [0.15, 0.2) is 0 Å². The van der Waals surface area contributed by atoms with Gasteiger partial charge in [0.05, 0.1) is 12.6 Å². The first-order valence-electron chi connectivity index (χ1n) is 8.45. The normalized spacial score (nSPS) is 16.0. The van der Waals surface area contributed by atoms with E-state index in [-0.39, 0.29) is 18.2 Å². The molecule has 0 aromatic heterocycles. The van der Waals surface area contributed by atoms with E-state index < -0.39 is 26.6 Å². The Bertz CT molecular complexity index is 1030. The molecule has 0 saturated heterocycles. The van der Waals surface area contributed by atoms with E-state index in [1.54, 1.807) is 0 Å². The maximum atomic E-state index is 14.1.